The van der Waals surface area contributed by atoms with Crippen LogP contribution < -0.4 is 5.32 Å². The number of nitrogens with zero attached hydrogens (tertiary/aromatic N) is 3. The minimum Gasteiger partial charge on any atom is -0.350 e. The molecular formula is C25H25ClN4OS. The molecule has 2 aromatic heterocycles. The Morgan fingerprint density at radius 1 is 1.16 bits per heavy atom. The number of aromatic nitrogens is 3. The molecule has 7 heteroatoms. The van der Waals surface area contributed by atoms with Gasteiger partial charge in [0.25, 0.3) is 5.91 Å². The summed E-state index contributed by atoms with van der Waals surface area (Å²) >= 11 is 7.99. The Balaban J connectivity index is 1.56. The molecule has 0 fully saturated rings. The third-order valence-corrected chi connectivity index (χ3v) is 6.77. The van der Waals surface area contributed by atoms with Crippen molar-refractivity contribution in [2.45, 2.75) is 43.8 Å². The van der Waals surface area contributed by atoms with Crippen molar-refractivity contribution >= 4 is 40.3 Å². The maximum atomic E-state index is 12.4. The average Bonchev–Trinajstić information content (AvgIpc) is 3.16. The van der Waals surface area contributed by atoms with E-state index in [1.165, 1.54) is 0 Å². The highest BCUT2D eigenvalue weighted by molar-refractivity contribution is 7.98. The molecule has 0 aliphatic carbocycles. The Kier molecular flexibility index (Phi) is 7.12. The van der Waals surface area contributed by atoms with E-state index in [9.17, 15) is 4.79 Å². The molecule has 0 radical (unpaired) electrons. The molecule has 32 heavy (non-hydrogen) atoms. The molecule has 0 unspecified atom stereocenters. The maximum Gasteiger partial charge on any atom is 0.251 e. The number of fused-ring (bicyclic) bond motifs is 1. The van der Waals surface area contributed by atoms with Crippen molar-refractivity contribution in [3.8, 4) is 0 Å². The molecular weight excluding hydrogens is 440 g/mol. The standard InChI is InChI=1S/C25H25ClN4OS/c1-3-17(2)28-24(31)19-10-8-18(9-11-19)15-30-23-14-27-13-12-22(23)29-25(30)32-16-20-6-4-5-7-21(20)26/h4-14,17H,3,15-16H2,1-2H3,(H,28,31)/t17-/m0/s1. The molecule has 4 rings (SSSR count). The molecule has 1 amide bonds. The molecule has 1 atom stereocenters. The lowest BCUT2D eigenvalue weighted by Crippen LogP contribution is -2.31. The third kappa shape index (κ3) is 5.14. The number of imidazole rings is 1. The van der Waals surface area contributed by atoms with Crippen molar-refractivity contribution < 1.29 is 4.79 Å². The first-order valence-electron chi connectivity index (χ1n) is 10.6. The fraction of sp³-hybridized carbons (Fsp3) is 0.240. The first-order valence-corrected chi connectivity index (χ1v) is 12.0. The number of nitrogens with one attached hydrogen (secondary N) is 1. The molecule has 2 aromatic carbocycles. The van der Waals surface area contributed by atoms with Gasteiger partial charge in [-0.1, -0.05) is 60.6 Å². The summed E-state index contributed by atoms with van der Waals surface area (Å²) < 4.78 is 2.16. The van der Waals surface area contributed by atoms with Crippen molar-refractivity contribution in [2.24, 2.45) is 0 Å². The van der Waals surface area contributed by atoms with E-state index in [-0.39, 0.29) is 11.9 Å². The second kappa shape index (κ2) is 10.2. The van der Waals surface area contributed by atoms with E-state index in [4.69, 9.17) is 16.6 Å². The zero-order chi connectivity index (χ0) is 22.5. The van der Waals surface area contributed by atoms with Crippen molar-refractivity contribution in [2.75, 3.05) is 0 Å². The molecule has 4 aromatic rings. The molecule has 0 saturated carbocycles. The third-order valence-electron chi connectivity index (χ3n) is 5.38. The predicted molar refractivity (Wildman–Crippen MR) is 131 cm³/mol. The number of carbonyl (C=O) groups excluding carboxylic acids is 1. The highest BCUT2D eigenvalue weighted by Crippen LogP contribution is 2.29. The second-order valence-electron chi connectivity index (χ2n) is 7.70. The van der Waals surface area contributed by atoms with Gasteiger partial charge in [-0.25, -0.2) is 4.98 Å². The van der Waals surface area contributed by atoms with Gasteiger partial charge in [0, 0.05) is 28.6 Å². The van der Waals surface area contributed by atoms with Gasteiger partial charge in [0.05, 0.1) is 23.8 Å². The van der Waals surface area contributed by atoms with Crippen molar-refractivity contribution in [1.82, 2.24) is 19.9 Å². The Labute approximate surface area is 197 Å². The van der Waals surface area contributed by atoms with Crippen molar-refractivity contribution in [3.63, 3.8) is 0 Å². The summed E-state index contributed by atoms with van der Waals surface area (Å²) in [5, 5.41) is 4.67. The number of thioether (sulfide) groups is 1. The summed E-state index contributed by atoms with van der Waals surface area (Å²) in [5.74, 6) is 0.685. The predicted octanol–water partition coefficient (Wildman–Crippen LogP) is 5.95. The Bertz CT molecular complexity index is 1220. The quantitative estimate of drug-likeness (QED) is 0.327. The van der Waals surface area contributed by atoms with Gasteiger partial charge in [-0.15, -0.1) is 0 Å². The normalized spacial score (nSPS) is 12.1. The van der Waals surface area contributed by atoms with E-state index < -0.39 is 0 Å². The SMILES string of the molecule is CC[C@H](C)NC(=O)c1ccc(Cn2c(SCc3ccccc3Cl)nc3ccncc32)cc1. The summed E-state index contributed by atoms with van der Waals surface area (Å²) in [6.07, 6.45) is 4.50. The lowest BCUT2D eigenvalue weighted by atomic mass is 10.1. The van der Waals surface area contributed by atoms with Gasteiger partial charge in [-0.2, -0.15) is 0 Å². The summed E-state index contributed by atoms with van der Waals surface area (Å²) in [6.45, 7) is 4.70. The number of rotatable bonds is 8. The molecule has 1 N–H and O–H groups in total. The number of amides is 1. The molecule has 164 valence electrons. The van der Waals surface area contributed by atoms with E-state index in [2.05, 4.69) is 21.8 Å². The van der Waals surface area contributed by atoms with Crippen LogP contribution in [-0.4, -0.2) is 26.5 Å². The first-order chi connectivity index (χ1) is 15.5. The topological polar surface area (TPSA) is 59.8 Å². The molecule has 0 aliphatic heterocycles. The zero-order valence-corrected chi connectivity index (χ0v) is 19.7. The van der Waals surface area contributed by atoms with Gasteiger partial charge in [-0.3, -0.25) is 9.78 Å². The Morgan fingerprint density at radius 2 is 1.94 bits per heavy atom. The number of benzene rings is 2. The van der Waals surface area contributed by atoms with E-state index in [1.807, 2.05) is 67.7 Å². The van der Waals surface area contributed by atoms with E-state index in [1.54, 1.807) is 18.0 Å². The molecule has 0 aliphatic rings. The lowest BCUT2D eigenvalue weighted by Gasteiger charge is -2.12. The number of hydrogen-bond acceptors (Lipinski definition) is 4. The van der Waals surface area contributed by atoms with Crippen LogP contribution in [0.1, 0.15) is 41.8 Å². The maximum absolute atomic E-state index is 12.4. The van der Waals surface area contributed by atoms with Crippen molar-refractivity contribution in [3.05, 3.63) is 88.7 Å². The Morgan fingerprint density at radius 3 is 2.69 bits per heavy atom. The van der Waals surface area contributed by atoms with Gasteiger partial charge >= 0.3 is 0 Å². The average molecular weight is 465 g/mol. The van der Waals surface area contributed by atoms with Gasteiger partial charge in [0.1, 0.15) is 0 Å². The van der Waals surface area contributed by atoms with Gasteiger partial charge < -0.3 is 9.88 Å². The van der Waals surface area contributed by atoms with Crippen LogP contribution in [0.3, 0.4) is 0 Å². The number of hydrogen-bond donors (Lipinski definition) is 1. The van der Waals surface area contributed by atoms with Gasteiger partial charge in [-0.05, 0) is 48.7 Å². The second-order valence-corrected chi connectivity index (χ2v) is 9.05. The molecule has 2 heterocycles. The summed E-state index contributed by atoms with van der Waals surface area (Å²) in [7, 11) is 0. The van der Waals surface area contributed by atoms with E-state index in [0.29, 0.717) is 12.1 Å². The number of carbonyl (C=O) groups is 1. The number of halogens is 1. The van der Waals surface area contributed by atoms with Crippen LogP contribution in [0.2, 0.25) is 5.02 Å². The minimum atomic E-state index is -0.0424. The summed E-state index contributed by atoms with van der Waals surface area (Å²) in [6, 6.07) is 17.7. The van der Waals surface area contributed by atoms with Crippen LogP contribution in [0.4, 0.5) is 0 Å². The van der Waals surface area contributed by atoms with E-state index in [0.717, 1.165) is 44.5 Å². The monoisotopic (exact) mass is 464 g/mol. The van der Waals surface area contributed by atoms with Crippen LogP contribution in [0.5, 0.6) is 0 Å². The number of pyridine rings is 1. The van der Waals surface area contributed by atoms with Crippen molar-refractivity contribution in [1.29, 1.82) is 0 Å². The summed E-state index contributed by atoms with van der Waals surface area (Å²) in [4.78, 5) is 21.5. The first kappa shape index (κ1) is 22.4. The fourth-order valence-electron chi connectivity index (χ4n) is 3.32. The summed E-state index contributed by atoms with van der Waals surface area (Å²) in [5.41, 5.74) is 4.72. The van der Waals surface area contributed by atoms with Gasteiger partial charge in [0.15, 0.2) is 5.16 Å². The van der Waals surface area contributed by atoms with Crippen LogP contribution in [0.25, 0.3) is 11.0 Å². The molecule has 0 spiro atoms. The highest BCUT2D eigenvalue weighted by atomic mass is 35.5. The molecule has 0 bridgehead atoms. The largest absolute Gasteiger partial charge is 0.350 e. The highest BCUT2D eigenvalue weighted by Gasteiger charge is 2.14. The fourth-order valence-corrected chi connectivity index (χ4v) is 4.62. The molecule has 5 nitrogen and oxygen atoms in total. The van der Waals surface area contributed by atoms with Crippen LogP contribution in [-0.2, 0) is 12.3 Å². The smallest absolute Gasteiger partial charge is 0.251 e. The Hall–Kier alpha value is -2.83. The molecule has 0 saturated heterocycles. The van der Waals surface area contributed by atoms with Crippen LogP contribution >= 0.6 is 23.4 Å². The van der Waals surface area contributed by atoms with Crippen LogP contribution in [0, 0.1) is 0 Å². The van der Waals surface area contributed by atoms with Crippen LogP contribution in [0.15, 0.2) is 72.1 Å². The zero-order valence-electron chi connectivity index (χ0n) is 18.1. The van der Waals surface area contributed by atoms with E-state index >= 15 is 0 Å². The lowest BCUT2D eigenvalue weighted by molar-refractivity contribution is 0.0939. The van der Waals surface area contributed by atoms with Gasteiger partial charge in [0.2, 0.25) is 0 Å². The minimum absolute atomic E-state index is 0.0424.